The number of urea groups is 1. The topological polar surface area (TPSA) is 116 Å². The Balaban J connectivity index is 1.74. The molecule has 8 heteroatoms. The zero-order chi connectivity index (χ0) is 20.3. The van der Waals surface area contributed by atoms with Gasteiger partial charge in [0.15, 0.2) is 0 Å². The van der Waals surface area contributed by atoms with E-state index in [2.05, 4.69) is 27.8 Å². The molecule has 1 unspecified atom stereocenters. The fraction of sp³-hybridized carbons (Fsp3) is 0.100. The molecule has 1 saturated heterocycles. The molecule has 4 N–H and O–H groups in total. The largest absolute Gasteiger partial charge is 0.323 e. The van der Waals surface area contributed by atoms with E-state index in [1.165, 1.54) is 0 Å². The van der Waals surface area contributed by atoms with Gasteiger partial charge in [0.2, 0.25) is 5.91 Å². The molecule has 1 aliphatic rings. The number of hydrogen-bond donors (Lipinski definition) is 4. The lowest BCUT2D eigenvalue weighted by atomic mass is 9.92. The van der Waals surface area contributed by atoms with E-state index in [0.29, 0.717) is 22.5 Å². The maximum Gasteiger partial charge on any atom is 0.322 e. The predicted molar refractivity (Wildman–Crippen MR) is 104 cm³/mol. The number of imide groups is 1. The van der Waals surface area contributed by atoms with Crippen LogP contribution in [0.15, 0.2) is 61.2 Å². The highest BCUT2D eigenvalue weighted by Gasteiger charge is 2.43. The number of anilines is 2. The monoisotopic (exact) mass is 378 g/mol. The lowest BCUT2D eigenvalue weighted by Gasteiger charge is -2.21. The Morgan fingerprint density at radius 2 is 1.75 bits per heavy atom. The van der Waals surface area contributed by atoms with Crippen molar-refractivity contribution in [2.45, 2.75) is 12.5 Å². The third-order valence-electron chi connectivity index (χ3n) is 4.34. The SMILES string of the molecule is C=CC(=O)Nc1ccc(C(=O)Nc2cccc(C3(C)NC(=O)NC3=O)c2)cc1. The first-order valence-corrected chi connectivity index (χ1v) is 8.41. The molecule has 2 aromatic carbocycles. The van der Waals surface area contributed by atoms with Gasteiger partial charge in [-0.25, -0.2) is 4.79 Å². The Morgan fingerprint density at radius 1 is 1.04 bits per heavy atom. The number of hydrogen-bond acceptors (Lipinski definition) is 4. The minimum atomic E-state index is -1.21. The van der Waals surface area contributed by atoms with E-state index in [-0.39, 0.29) is 11.8 Å². The van der Waals surface area contributed by atoms with Crippen molar-refractivity contribution in [2.75, 3.05) is 10.6 Å². The van der Waals surface area contributed by atoms with E-state index < -0.39 is 17.5 Å². The van der Waals surface area contributed by atoms with E-state index in [0.717, 1.165) is 6.08 Å². The quantitative estimate of drug-likeness (QED) is 0.471. The molecule has 0 spiro atoms. The standard InChI is InChI=1S/C20H18N4O4/c1-3-16(25)21-14-9-7-12(8-10-14)17(26)22-15-6-4-5-13(11-15)20(2)18(27)23-19(28)24-20/h3-11H,1H2,2H3,(H,21,25)(H,22,26)(H2,23,24,27,28). The van der Waals surface area contributed by atoms with Gasteiger partial charge in [-0.1, -0.05) is 18.7 Å². The van der Waals surface area contributed by atoms with Crippen molar-refractivity contribution in [1.82, 2.24) is 10.6 Å². The van der Waals surface area contributed by atoms with Crippen LogP contribution in [0.3, 0.4) is 0 Å². The number of nitrogens with one attached hydrogen (secondary N) is 4. The molecule has 1 fully saturated rings. The third kappa shape index (κ3) is 3.75. The minimum Gasteiger partial charge on any atom is -0.323 e. The average molecular weight is 378 g/mol. The van der Waals surface area contributed by atoms with Crippen LogP contribution in [0, 0.1) is 0 Å². The van der Waals surface area contributed by atoms with Crippen LogP contribution in [0.1, 0.15) is 22.8 Å². The van der Waals surface area contributed by atoms with Crippen molar-refractivity contribution in [2.24, 2.45) is 0 Å². The summed E-state index contributed by atoms with van der Waals surface area (Å²) in [6.45, 7) is 4.96. The van der Waals surface area contributed by atoms with Crippen LogP contribution in [-0.2, 0) is 15.1 Å². The number of rotatable bonds is 5. The van der Waals surface area contributed by atoms with Crippen LogP contribution in [0.4, 0.5) is 16.2 Å². The highest BCUT2D eigenvalue weighted by molar-refractivity contribution is 6.08. The Bertz CT molecular complexity index is 984. The second kappa shape index (κ2) is 7.36. The second-order valence-electron chi connectivity index (χ2n) is 6.34. The Labute approximate surface area is 161 Å². The van der Waals surface area contributed by atoms with Crippen molar-refractivity contribution >= 4 is 35.1 Å². The average Bonchev–Trinajstić information content (AvgIpc) is 2.95. The summed E-state index contributed by atoms with van der Waals surface area (Å²) in [5.74, 6) is -1.16. The fourth-order valence-electron chi connectivity index (χ4n) is 2.76. The molecule has 142 valence electrons. The third-order valence-corrected chi connectivity index (χ3v) is 4.34. The molecular formula is C20H18N4O4. The number of carbonyl (C=O) groups excluding carboxylic acids is 4. The lowest BCUT2D eigenvalue weighted by Crippen LogP contribution is -2.40. The van der Waals surface area contributed by atoms with Crippen LogP contribution in [-0.4, -0.2) is 23.8 Å². The van der Waals surface area contributed by atoms with Gasteiger partial charge in [0.25, 0.3) is 11.8 Å². The summed E-state index contributed by atoms with van der Waals surface area (Å²) in [6.07, 6.45) is 1.15. The molecule has 3 rings (SSSR count). The molecule has 1 atom stereocenters. The van der Waals surface area contributed by atoms with Crippen LogP contribution in [0.5, 0.6) is 0 Å². The van der Waals surface area contributed by atoms with Crippen molar-refractivity contribution in [3.05, 3.63) is 72.3 Å². The van der Waals surface area contributed by atoms with Gasteiger partial charge in [-0.15, -0.1) is 0 Å². The smallest absolute Gasteiger partial charge is 0.322 e. The van der Waals surface area contributed by atoms with Crippen molar-refractivity contribution in [3.8, 4) is 0 Å². The van der Waals surface area contributed by atoms with Gasteiger partial charge in [0.1, 0.15) is 5.54 Å². The molecule has 2 aromatic rings. The van der Waals surface area contributed by atoms with Gasteiger partial charge in [-0.3, -0.25) is 19.7 Å². The molecule has 5 amide bonds. The van der Waals surface area contributed by atoms with E-state index >= 15 is 0 Å². The molecule has 28 heavy (non-hydrogen) atoms. The second-order valence-corrected chi connectivity index (χ2v) is 6.34. The minimum absolute atomic E-state index is 0.342. The van der Waals surface area contributed by atoms with E-state index in [4.69, 9.17) is 0 Å². The summed E-state index contributed by atoms with van der Waals surface area (Å²) >= 11 is 0. The van der Waals surface area contributed by atoms with Crippen LogP contribution < -0.4 is 21.3 Å². The number of benzene rings is 2. The first kappa shape index (κ1) is 18.8. The van der Waals surface area contributed by atoms with Crippen LogP contribution >= 0.6 is 0 Å². The van der Waals surface area contributed by atoms with Gasteiger partial charge in [0.05, 0.1) is 0 Å². The highest BCUT2D eigenvalue weighted by Crippen LogP contribution is 2.26. The van der Waals surface area contributed by atoms with Gasteiger partial charge in [-0.05, 0) is 55.0 Å². The summed E-state index contributed by atoms with van der Waals surface area (Å²) in [6, 6.07) is 12.5. The van der Waals surface area contributed by atoms with Crippen molar-refractivity contribution in [3.63, 3.8) is 0 Å². The lowest BCUT2D eigenvalue weighted by molar-refractivity contribution is -0.123. The van der Waals surface area contributed by atoms with Gasteiger partial charge in [-0.2, -0.15) is 0 Å². The maximum absolute atomic E-state index is 12.5. The Hall–Kier alpha value is -3.94. The summed E-state index contributed by atoms with van der Waals surface area (Å²) in [5, 5.41) is 10.1. The number of carbonyl (C=O) groups is 4. The van der Waals surface area contributed by atoms with E-state index in [1.54, 1.807) is 55.5 Å². The zero-order valence-corrected chi connectivity index (χ0v) is 15.0. The maximum atomic E-state index is 12.5. The van der Waals surface area contributed by atoms with Crippen molar-refractivity contribution < 1.29 is 19.2 Å². The van der Waals surface area contributed by atoms with E-state index in [9.17, 15) is 19.2 Å². The molecular weight excluding hydrogens is 360 g/mol. The number of amides is 5. The molecule has 0 aliphatic carbocycles. The summed E-state index contributed by atoms with van der Waals surface area (Å²) in [7, 11) is 0. The van der Waals surface area contributed by atoms with Gasteiger partial charge >= 0.3 is 6.03 Å². The first-order valence-electron chi connectivity index (χ1n) is 8.41. The summed E-state index contributed by atoms with van der Waals surface area (Å²) < 4.78 is 0. The molecule has 1 aliphatic heterocycles. The van der Waals surface area contributed by atoms with E-state index in [1.807, 2.05) is 0 Å². The molecule has 0 bridgehead atoms. The fourth-order valence-corrected chi connectivity index (χ4v) is 2.76. The molecule has 8 nitrogen and oxygen atoms in total. The Kier molecular flexibility index (Phi) is 4.95. The van der Waals surface area contributed by atoms with Crippen LogP contribution in [0.2, 0.25) is 0 Å². The normalized spacial score (nSPS) is 18.0. The predicted octanol–water partition coefficient (Wildman–Crippen LogP) is 2.12. The van der Waals surface area contributed by atoms with Crippen molar-refractivity contribution in [1.29, 1.82) is 0 Å². The van der Waals surface area contributed by atoms with Crippen LogP contribution in [0.25, 0.3) is 0 Å². The highest BCUT2D eigenvalue weighted by atomic mass is 16.2. The van der Waals surface area contributed by atoms with Gasteiger partial charge in [0, 0.05) is 16.9 Å². The molecule has 0 saturated carbocycles. The molecule has 0 aromatic heterocycles. The summed E-state index contributed by atoms with van der Waals surface area (Å²) in [5.41, 5.74) is 0.736. The Morgan fingerprint density at radius 3 is 2.36 bits per heavy atom. The summed E-state index contributed by atoms with van der Waals surface area (Å²) in [4.78, 5) is 47.3. The first-order chi connectivity index (χ1) is 13.3. The van der Waals surface area contributed by atoms with Gasteiger partial charge < -0.3 is 16.0 Å². The molecule has 1 heterocycles. The zero-order valence-electron chi connectivity index (χ0n) is 15.0. The molecule has 0 radical (unpaired) electrons.